The van der Waals surface area contributed by atoms with Crippen LogP contribution in [0.5, 0.6) is 0 Å². The molecule has 6 nitrogen and oxygen atoms in total. The lowest BCUT2D eigenvalue weighted by Gasteiger charge is -2.04. The van der Waals surface area contributed by atoms with Gasteiger partial charge in [-0.05, 0) is 42.4 Å². The molecule has 3 aromatic rings. The Morgan fingerprint density at radius 3 is 2.62 bits per heavy atom. The molecule has 0 aliphatic carbocycles. The topological polar surface area (TPSA) is 83.3 Å². The van der Waals surface area contributed by atoms with E-state index in [1.165, 1.54) is 12.1 Å². The summed E-state index contributed by atoms with van der Waals surface area (Å²) in [6, 6.07) is 14.3. The summed E-state index contributed by atoms with van der Waals surface area (Å²) in [5.74, 6) is -0.339. The van der Waals surface area contributed by atoms with Crippen LogP contribution < -0.4 is 0 Å². The van der Waals surface area contributed by atoms with Crippen LogP contribution in [0.25, 0.3) is 11.4 Å². The van der Waals surface area contributed by atoms with Gasteiger partial charge in [-0.15, -0.1) is 0 Å². The molecule has 0 atom stereocenters. The summed E-state index contributed by atoms with van der Waals surface area (Å²) in [6.45, 7) is 1.99. The van der Waals surface area contributed by atoms with E-state index in [2.05, 4.69) is 15.3 Å². The van der Waals surface area contributed by atoms with Gasteiger partial charge >= 0.3 is 5.97 Å². The van der Waals surface area contributed by atoms with Gasteiger partial charge in [-0.2, -0.15) is 14.9 Å². The Morgan fingerprint density at radius 1 is 1.25 bits per heavy atom. The van der Waals surface area contributed by atoms with E-state index in [4.69, 9.17) is 17.3 Å². The van der Waals surface area contributed by atoms with Gasteiger partial charge in [0, 0.05) is 5.56 Å². The smallest absolute Gasteiger partial charge is 0.335 e. The number of carboxylic acids is 1. The number of hydrogen-bond donors (Lipinski definition) is 2. The molecule has 0 spiro atoms. The zero-order valence-corrected chi connectivity index (χ0v) is 13.6. The third-order valence-electron chi connectivity index (χ3n) is 3.52. The molecule has 7 heteroatoms. The van der Waals surface area contributed by atoms with Crippen molar-refractivity contribution in [3.05, 3.63) is 70.0 Å². The van der Waals surface area contributed by atoms with Crippen molar-refractivity contribution in [3.63, 3.8) is 0 Å². The molecule has 0 aliphatic heterocycles. The summed E-state index contributed by atoms with van der Waals surface area (Å²) in [7, 11) is 0. The van der Waals surface area contributed by atoms with Crippen LogP contribution in [0.2, 0.25) is 0 Å². The molecule has 3 rings (SSSR count). The van der Waals surface area contributed by atoms with E-state index in [0.717, 1.165) is 16.7 Å². The Balaban J connectivity index is 1.96. The van der Waals surface area contributed by atoms with Crippen molar-refractivity contribution in [3.8, 4) is 11.4 Å². The van der Waals surface area contributed by atoms with E-state index >= 15 is 0 Å². The summed E-state index contributed by atoms with van der Waals surface area (Å²) in [6.07, 6.45) is 1.61. The standard InChI is InChI=1S/C17H14N4O2S/c1-11-4-2-3-5-14(11)15-19-20-17(24)21(15)18-10-12-6-8-13(9-7-12)16(22)23/h2-10H,1H3,(H,20,24)(H,22,23)/b18-10-. The van der Waals surface area contributed by atoms with Gasteiger partial charge in [-0.1, -0.05) is 36.4 Å². The monoisotopic (exact) mass is 338 g/mol. The van der Waals surface area contributed by atoms with Gasteiger partial charge in [0.05, 0.1) is 11.8 Å². The number of benzene rings is 2. The van der Waals surface area contributed by atoms with Crippen LogP contribution >= 0.6 is 12.2 Å². The maximum atomic E-state index is 10.9. The second kappa shape index (κ2) is 6.59. The van der Waals surface area contributed by atoms with Gasteiger partial charge in [0.1, 0.15) is 0 Å². The number of carbonyl (C=O) groups is 1. The van der Waals surface area contributed by atoms with Gasteiger partial charge in [-0.3, -0.25) is 0 Å². The van der Waals surface area contributed by atoms with Crippen molar-refractivity contribution in [2.24, 2.45) is 5.10 Å². The van der Waals surface area contributed by atoms with Crippen LogP contribution in [0.1, 0.15) is 21.5 Å². The molecular weight excluding hydrogens is 324 g/mol. The van der Waals surface area contributed by atoms with Crippen molar-refractivity contribution in [1.29, 1.82) is 0 Å². The predicted molar refractivity (Wildman–Crippen MR) is 94.0 cm³/mol. The minimum atomic E-state index is -0.961. The molecule has 0 unspecified atom stereocenters. The summed E-state index contributed by atoms with van der Waals surface area (Å²) < 4.78 is 1.93. The van der Waals surface area contributed by atoms with Gasteiger partial charge in [0.25, 0.3) is 0 Å². The highest BCUT2D eigenvalue weighted by molar-refractivity contribution is 7.71. The maximum absolute atomic E-state index is 10.9. The summed E-state index contributed by atoms with van der Waals surface area (Å²) >= 11 is 5.24. The number of nitrogens with one attached hydrogen (secondary N) is 1. The van der Waals surface area contributed by atoms with E-state index in [1.54, 1.807) is 23.0 Å². The van der Waals surface area contributed by atoms with Crippen LogP contribution in [0.4, 0.5) is 0 Å². The third kappa shape index (κ3) is 3.16. The zero-order chi connectivity index (χ0) is 17.1. The van der Waals surface area contributed by atoms with Crippen molar-refractivity contribution in [2.75, 3.05) is 0 Å². The van der Waals surface area contributed by atoms with Crippen LogP contribution in [-0.2, 0) is 0 Å². The van der Waals surface area contributed by atoms with Crippen molar-refractivity contribution >= 4 is 24.4 Å². The Hall–Kier alpha value is -3.06. The van der Waals surface area contributed by atoms with Gasteiger partial charge in [0.15, 0.2) is 5.82 Å². The number of hydrogen-bond acceptors (Lipinski definition) is 4. The highest BCUT2D eigenvalue weighted by Crippen LogP contribution is 2.21. The lowest BCUT2D eigenvalue weighted by molar-refractivity contribution is 0.0697. The van der Waals surface area contributed by atoms with Crippen LogP contribution in [0.3, 0.4) is 0 Å². The molecule has 2 N–H and O–H groups in total. The molecule has 0 saturated heterocycles. The fourth-order valence-corrected chi connectivity index (χ4v) is 2.41. The predicted octanol–water partition coefficient (Wildman–Crippen LogP) is 3.50. The molecule has 120 valence electrons. The molecule has 0 saturated carbocycles. The lowest BCUT2D eigenvalue weighted by atomic mass is 10.1. The summed E-state index contributed by atoms with van der Waals surface area (Å²) in [5, 5.41) is 20.3. The van der Waals surface area contributed by atoms with Crippen LogP contribution in [0.15, 0.2) is 53.6 Å². The Kier molecular flexibility index (Phi) is 4.35. The molecule has 24 heavy (non-hydrogen) atoms. The van der Waals surface area contributed by atoms with E-state index < -0.39 is 5.97 Å². The minimum absolute atomic E-state index is 0.229. The molecular formula is C17H14N4O2S. The van der Waals surface area contributed by atoms with E-state index in [9.17, 15) is 4.79 Å². The number of H-pyrrole nitrogens is 1. The number of aryl methyl sites for hydroxylation is 1. The highest BCUT2D eigenvalue weighted by Gasteiger charge is 2.10. The molecule has 0 radical (unpaired) electrons. The summed E-state index contributed by atoms with van der Waals surface area (Å²) in [5.41, 5.74) is 2.99. The average molecular weight is 338 g/mol. The molecule has 1 aromatic heterocycles. The van der Waals surface area contributed by atoms with Gasteiger partial charge < -0.3 is 5.11 Å². The molecule has 1 heterocycles. The number of nitrogens with zero attached hydrogens (tertiary/aromatic N) is 3. The lowest BCUT2D eigenvalue weighted by Crippen LogP contribution is -1.98. The molecule has 0 bridgehead atoms. The molecule has 2 aromatic carbocycles. The summed E-state index contributed by atoms with van der Waals surface area (Å²) in [4.78, 5) is 10.9. The van der Waals surface area contributed by atoms with Crippen molar-refractivity contribution in [1.82, 2.24) is 14.9 Å². The van der Waals surface area contributed by atoms with Crippen LogP contribution in [-0.4, -0.2) is 32.2 Å². The normalized spacial score (nSPS) is 11.0. The fraction of sp³-hybridized carbons (Fsp3) is 0.0588. The van der Waals surface area contributed by atoms with E-state index in [1.807, 2.05) is 31.2 Å². The van der Waals surface area contributed by atoms with Gasteiger partial charge in [-0.25, -0.2) is 9.89 Å². The quantitative estimate of drug-likeness (QED) is 0.563. The largest absolute Gasteiger partial charge is 0.478 e. The fourth-order valence-electron chi connectivity index (χ4n) is 2.23. The van der Waals surface area contributed by atoms with E-state index in [0.29, 0.717) is 10.6 Å². The number of rotatable bonds is 4. The first-order valence-electron chi connectivity index (χ1n) is 7.17. The molecule has 0 amide bonds. The highest BCUT2D eigenvalue weighted by atomic mass is 32.1. The zero-order valence-electron chi connectivity index (χ0n) is 12.8. The number of carboxylic acid groups (broad SMARTS) is 1. The van der Waals surface area contributed by atoms with Gasteiger partial charge in [0.2, 0.25) is 4.77 Å². The first kappa shape index (κ1) is 15.8. The SMILES string of the molecule is Cc1ccccc1-c1n[nH]c(=S)n1/N=C\c1ccc(C(=O)O)cc1. The Labute approximate surface area is 143 Å². The first-order valence-corrected chi connectivity index (χ1v) is 7.58. The van der Waals surface area contributed by atoms with Crippen LogP contribution in [0, 0.1) is 11.7 Å². The minimum Gasteiger partial charge on any atom is -0.478 e. The Morgan fingerprint density at radius 2 is 1.96 bits per heavy atom. The second-order valence-corrected chi connectivity index (χ2v) is 5.54. The Bertz CT molecular complexity index is 971. The number of aromatic nitrogens is 3. The molecule has 0 aliphatic rings. The maximum Gasteiger partial charge on any atom is 0.335 e. The first-order chi connectivity index (χ1) is 11.6. The number of aromatic amines is 1. The average Bonchev–Trinajstić information content (AvgIpc) is 2.94. The van der Waals surface area contributed by atoms with E-state index in [-0.39, 0.29) is 5.56 Å². The van der Waals surface area contributed by atoms with Crippen molar-refractivity contribution in [2.45, 2.75) is 6.92 Å². The number of aromatic carboxylic acids is 1. The second-order valence-electron chi connectivity index (χ2n) is 5.15. The van der Waals surface area contributed by atoms with Crippen molar-refractivity contribution < 1.29 is 9.90 Å². The molecule has 0 fully saturated rings. The third-order valence-corrected chi connectivity index (χ3v) is 3.78.